The van der Waals surface area contributed by atoms with Gasteiger partial charge in [0.25, 0.3) is 0 Å². The van der Waals surface area contributed by atoms with Crippen molar-refractivity contribution >= 4 is 47.7 Å². The predicted octanol–water partition coefficient (Wildman–Crippen LogP) is 5.56. The zero-order valence-corrected chi connectivity index (χ0v) is 16.4. The zero-order valence-electron chi connectivity index (χ0n) is 9.61. The summed E-state index contributed by atoms with van der Waals surface area (Å²) in [6.07, 6.45) is 4.48. The first-order chi connectivity index (χ1) is 8.85. The molecule has 89 valence electrons. The molecule has 0 saturated carbocycles. The fraction of sp³-hybridized carbons (Fsp3) is 0. The van der Waals surface area contributed by atoms with Gasteiger partial charge >= 0.3 is 50.9 Å². The maximum absolute atomic E-state index is 2.45. The van der Waals surface area contributed by atoms with Gasteiger partial charge in [0.15, 0.2) is 0 Å². The van der Waals surface area contributed by atoms with Crippen LogP contribution in [0.2, 0.25) is 0 Å². The summed E-state index contributed by atoms with van der Waals surface area (Å²) in [6.45, 7) is 0. The van der Waals surface area contributed by atoms with Gasteiger partial charge in [-0.1, -0.05) is 60.7 Å². The second kappa shape index (κ2) is 7.96. The Morgan fingerprint density at radius 1 is 0.722 bits per heavy atom. The first-order valence-electron chi connectivity index (χ1n) is 5.52. The Hall–Kier alpha value is 0.523. The normalized spacial score (nSPS) is 12.0. The Balaban J connectivity index is 0.000000367. The van der Waals surface area contributed by atoms with Gasteiger partial charge in [-0.05, 0) is 22.3 Å². The van der Waals surface area contributed by atoms with Crippen molar-refractivity contribution in [3.05, 3.63) is 77.7 Å². The standard InChI is InChI=1S/C15H11.2HI.Zr/c1-2-6-12(7-3-1)15-10-13-8-4-5-9-14(13)11-15;;;/h1-11H;2*1H;/q;;;+2/p-2. The van der Waals surface area contributed by atoms with Crippen molar-refractivity contribution in [1.82, 2.24) is 0 Å². The van der Waals surface area contributed by atoms with Crippen molar-refractivity contribution in [2.24, 2.45) is 0 Å². The fourth-order valence-corrected chi connectivity index (χ4v) is 1.95. The first-order valence-corrected chi connectivity index (χ1v) is 20.1. The molecule has 3 rings (SSSR count). The van der Waals surface area contributed by atoms with Crippen molar-refractivity contribution in [2.75, 3.05) is 0 Å². The van der Waals surface area contributed by atoms with Gasteiger partial charge in [-0.2, -0.15) is 0 Å². The number of hydrogen-bond acceptors (Lipinski definition) is 0. The Bertz CT molecular complexity index is 535. The van der Waals surface area contributed by atoms with Crippen molar-refractivity contribution in [1.29, 1.82) is 0 Å². The van der Waals surface area contributed by atoms with E-state index >= 15 is 0 Å². The van der Waals surface area contributed by atoms with Crippen LogP contribution < -0.4 is 0 Å². The van der Waals surface area contributed by atoms with Gasteiger partial charge in [-0.15, -0.1) is 0 Å². The van der Waals surface area contributed by atoms with Gasteiger partial charge in [0.1, 0.15) is 0 Å². The van der Waals surface area contributed by atoms with E-state index in [4.69, 9.17) is 0 Å². The van der Waals surface area contributed by atoms with Gasteiger partial charge in [-0.3, -0.25) is 0 Å². The molecule has 0 amide bonds. The van der Waals surface area contributed by atoms with Crippen molar-refractivity contribution in [3.8, 4) is 0 Å². The number of hydrogen-bond donors (Lipinski definition) is 0. The molecule has 0 bridgehead atoms. The van der Waals surface area contributed by atoms with Gasteiger partial charge in [0.2, 0.25) is 0 Å². The third-order valence-electron chi connectivity index (χ3n) is 2.73. The SMILES string of the molecule is [CH]1C(c2ccccc2)=Cc2ccccc21.[I][Zr][I]. The second-order valence-corrected chi connectivity index (χ2v) is 22.8. The minimum atomic E-state index is 0.170. The van der Waals surface area contributed by atoms with E-state index in [0.717, 1.165) is 0 Å². The molecule has 1 aliphatic carbocycles. The van der Waals surface area contributed by atoms with Crippen LogP contribution in [0.3, 0.4) is 0 Å². The molecule has 0 saturated heterocycles. The number of benzene rings is 2. The average Bonchev–Trinajstić information content (AvgIpc) is 2.84. The van der Waals surface area contributed by atoms with Crippen LogP contribution in [-0.4, -0.2) is 0 Å². The number of fused-ring (bicyclic) bond motifs is 1. The summed E-state index contributed by atoms with van der Waals surface area (Å²) in [5.74, 6) is 0. The van der Waals surface area contributed by atoms with Crippen LogP contribution in [0.4, 0.5) is 0 Å². The molecule has 2 aromatic carbocycles. The summed E-state index contributed by atoms with van der Waals surface area (Å²) >= 11 is 5.06. The van der Waals surface area contributed by atoms with E-state index in [0.29, 0.717) is 0 Å². The molecule has 0 atom stereocenters. The third kappa shape index (κ3) is 4.01. The summed E-state index contributed by atoms with van der Waals surface area (Å²) in [5, 5.41) is 0. The van der Waals surface area contributed by atoms with E-state index in [1.54, 1.807) is 0 Å². The molecule has 1 aliphatic rings. The topological polar surface area (TPSA) is 0 Å². The summed E-state index contributed by atoms with van der Waals surface area (Å²) in [5.41, 5.74) is 5.22. The van der Waals surface area contributed by atoms with Crippen LogP contribution in [0, 0.1) is 6.42 Å². The van der Waals surface area contributed by atoms with Gasteiger partial charge < -0.3 is 0 Å². The number of halogens is 2. The van der Waals surface area contributed by atoms with Gasteiger partial charge in [0.05, 0.1) is 0 Å². The predicted molar refractivity (Wildman–Crippen MR) is 92.2 cm³/mol. The molecule has 1 radical (unpaired) electrons. The van der Waals surface area contributed by atoms with E-state index < -0.39 is 0 Å². The molecule has 0 aliphatic heterocycles. The van der Waals surface area contributed by atoms with Crippen molar-refractivity contribution < 1.29 is 14.9 Å². The Morgan fingerprint density at radius 2 is 1.28 bits per heavy atom. The molecule has 0 spiro atoms. The molecule has 0 unspecified atom stereocenters. The van der Waals surface area contributed by atoms with Crippen LogP contribution >= 0.6 is 36.1 Å². The Morgan fingerprint density at radius 3 is 1.89 bits per heavy atom. The number of allylic oxidation sites excluding steroid dienone is 1. The molecule has 0 heterocycles. The fourth-order valence-electron chi connectivity index (χ4n) is 1.95. The molecule has 2 aromatic rings. The van der Waals surface area contributed by atoms with Crippen molar-refractivity contribution in [3.63, 3.8) is 0 Å². The van der Waals surface area contributed by atoms with Crippen molar-refractivity contribution in [2.45, 2.75) is 0 Å². The summed E-state index contributed by atoms with van der Waals surface area (Å²) in [6, 6.07) is 19.0. The monoisotopic (exact) mass is 535 g/mol. The van der Waals surface area contributed by atoms with E-state index in [9.17, 15) is 0 Å². The van der Waals surface area contributed by atoms with Gasteiger partial charge in [-0.25, -0.2) is 0 Å². The average molecular weight is 536 g/mol. The molecule has 0 N–H and O–H groups in total. The van der Waals surface area contributed by atoms with Crippen LogP contribution in [0.5, 0.6) is 0 Å². The Kier molecular flexibility index (Phi) is 6.59. The second-order valence-electron chi connectivity index (χ2n) is 3.81. The van der Waals surface area contributed by atoms with Crippen LogP contribution in [0.1, 0.15) is 16.7 Å². The van der Waals surface area contributed by atoms with E-state index in [1.807, 2.05) is 6.07 Å². The van der Waals surface area contributed by atoms with E-state index in [1.165, 1.54) is 22.3 Å². The number of rotatable bonds is 1. The maximum atomic E-state index is 2.45. The molecular weight excluding hydrogens is 525 g/mol. The van der Waals surface area contributed by atoms with Gasteiger partial charge in [0, 0.05) is 6.42 Å². The van der Waals surface area contributed by atoms with E-state index in [2.05, 4.69) is 97.1 Å². The molecule has 18 heavy (non-hydrogen) atoms. The minimum absolute atomic E-state index is 0.170. The summed E-state index contributed by atoms with van der Waals surface area (Å²) < 4.78 is 0. The summed E-state index contributed by atoms with van der Waals surface area (Å²) in [4.78, 5) is 0. The molecule has 0 aromatic heterocycles. The molecule has 3 heteroatoms. The molecular formula is C15H11I2Zr. The van der Waals surface area contributed by atoms with Crippen LogP contribution in [-0.2, 0) is 14.9 Å². The zero-order chi connectivity index (χ0) is 12.8. The Labute approximate surface area is 138 Å². The third-order valence-corrected chi connectivity index (χ3v) is 2.73. The molecule has 0 nitrogen and oxygen atoms in total. The van der Waals surface area contributed by atoms with Crippen LogP contribution in [0.25, 0.3) is 11.6 Å². The quantitative estimate of drug-likeness (QED) is 0.419. The summed E-state index contributed by atoms with van der Waals surface area (Å²) in [7, 11) is 0. The van der Waals surface area contributed by atoms with E-state index in [-0.39, 0.29) is 14.9 Å². The van der Waals surface area contributed by atoms with Crippen LogP contribution in [0.15, 0.2) is 54.6 Å². The molecule has 0 fully saturated rings. The first kappa shape index (κ1) is 14.9.